The second-order valence-corrected chi connectivity index (χ2v) is 6.95. The molecular formula is C19H14N2O2S2. The zero-order chi connectivity index (χ0) is 17.5. The summed E-state index contributed by atoms with van der Waals surface area (Å²) in [5.74, 6) is 0.451. The van der Waals surface area contributed by atoms with Gasteiger partial charge < -0.3 is 4.74 Å². The second-order valence-electron chi connectivity index (χ2n) is 5.18. The van der Waals surface area contributed by atoms with E-state index in [1.165, 1.54) is 0 Å². The Hall–Kier alpha value is -2.62. The zero-order valence-electron chi connectivity index (χ0n) is 13.2. The number of thiazole rings is 1. The van der Waals surface area contributed by atoms with Crippen molar-refractivity contribution in [1.29, 1.82) is 5.26 Å². The first-order valence-corrected chi connectivity index (χ1v) is 9.43. The molecule has 1 aromatic heterocycles. The molecule has 0 unspecified atom stereocenters. The van der Waals surface area contributed by atoms with E-state index in [0.717, 1.165) is 21.9 Å². The lowest BCUT2D eigenvalue weighted by atomic mass is 10.1. The van der Waals surface area contributed by atoms with Gasteiger partial charge in [-0.15, -0.1) is 23.1 Å². The Morgan fingerprint density at radius 1 is 1.16 bits per heavy atom. The Balaban J connectivity index is 1.52. The van der Waals surface area contributed by atoms with Crippen molar-refractivity contribution in [3.8, 4) is 6.07 Å². The first-order valence-electron chi connectivity index (χ1n) is 7.51. The Kier molecular flexibility index (Phi) is 5.83. The van der Waals surface area contributed by atoms with Gasteiger partial charge in [0.25, 0.3) is 0 Å². The summed E-state index contributed by atoms with van der Waals surface area (Å²) < 4.78 is 5.31. The normalized spacial score (nSPS) is 10.2. The van der Waals surface area contributed by atoms with Crippen molar-refractivity contribution in [3.05, 3.63) is 81.8 Å². The molecule has 0 aliphatic rings. The molecule has 1 heterocycles. The topological polar surface area (TPSA) is 63.0 Å². The maximum Gasteiger partial charge on any atom is 0.338 e. The molecule has 0 saturated carbocycles. The molecule has 0 fully saturated rings. The molecule has 0 saturated heterocycles. The molecule has 0 N–H and O–H groups in total. The lowest BCUT2D eigenvalue weighted by Crippen LogP contribution is -2.05. The van der Waals surface area contributed by atoms with Gasteiger partial charge in [0.05, 0.1) is 28.4 Å². The van der Waals surface area contributed by atoms with E-state index in [9.17, 15) is 4.79 Å². The summed E-state index contributed by atoms with van der Waals surface area (Å²) >= 11 is 3.26. The molecule has 4 nitrogen and oxygen atoms in total. The highest BCUT2D eigenvalue weighted by atomic mass is 32.2. The Morgan fingerprint density at radius 2 is 1.92 bits per heavy atom. The maximum absolute atomic E-state index is 12.1. The number of carbonyl (C=O) groups is 1. The van der Waals surface area contributed by atoms with Crippen molar-refractivity contribution in [2.75, 3.05) is 0 Å². The predicted molar refractivity (Wildman–Crippen MR) is 98.4 cm³/mol. The van der Waals surface area contributed by atoms with Crippen molar-refractivity contribution in [3.63, 3.8) is 0 Å². The van der Waals surface area contributed by atoms with E-state index in [-0.39, 0.29) is 12.6 Å². The smallest absolute Gasteiger partial charge is 0.338 e. The molecule has 6 heteroatoms. The molecule has 124 valence electrons. The van der Waals surface area contributed by atoms with Crippen molar-refractivity contribution >= 4 is 29.1 Å². The van der Waals surface area contributed by atoms with Gasteiger partial charge in [0.1, 0.15) is 6.61 Å². The predicted octanol–water partition coefficient (Wildman–Crippen LogP) is 4.66. The van der Waals surface area contributed by atoms with E-state index in [0.29, 0.717) is 11.1 Å². The molecule has 0 spiro atoms. The summed E-state index contributed by atoms with van der Waals surface area (Å²) in [5.41, 5.74) is 4.83. The average Bonchev–Trinajstić information content (AvgIpc) is 3.19. The van der Waals surface area contributed by atoms with E-state index in [4.69, 9.17) is 10.00 Å². The summed E-state index contributed by atoms with van der Waals surface area (Å²) in [7, 11) is 0. The van der Waals surface area contributed by atoms with Crippen LogP contribution in [0.15, 0.2) is 64.3 Å². The number of nitriles is 1. The molecule has 0 aliphatic carbocycles. The molecule has 0 bridgehead atoms. The number of esters is 1. The molecule has 0 aliphatic heterocycles. The number of rotatable bonds is 6. The highest BCUT2D eigenvalue weighted by molar-refractivity contribution is 7.98. The van der Waals surface area contributed by atoms with Crippen molar-refractivity contribution in [1.82, 2.24) is 4.98 Å². The van der Waals surface area contributed by atoms with Crippen LogP contribution in [-0.2, 0) is 17.1 Å². The van der Waals surface area contributed by atoms with Gasteiger partial charge in [-0.05, 0) is 42.0 Å². The number of hydrogen-bond acceptors (Lipinski definition) is 6. The largest absolute Gasteiger partial charge is 0.457 e. The van der Waals surface area contributed by atoms with Crippen LogP contribution in [0.2, 0.25) is 0 Å². The van der Waals surface area contributed by atoms with Gasteiger partial charge in [0, 0.05) is 16.0 Å². The average molecular weight is 366 g/mol. The number of hydrogen-bond donors (Lipinski definition) is 0. The van der Waals surface area contributed by atoms with Crippen LogP contribution in [0, 0.1) is 11.3 Å². The fourth-order valence-corrected chi connectivity index (χ4v) is 3.53. The number of benzene rings is 2. The van der Waals surface area contributed by atoms with Gasteiger partial charge in [0.2, 0.25) is 0 Å². The number of nitrogens with zero attached hydrogens (tertiary/aromatic N) is 2. The number of ether oxygens (including phenoxy) is 1. The third-order valence-electron chi connectivity index (χ3n) is 3.41. The lowest BCUT2D eigenvalue weighted by Gasteiger charge is -2.06. The van der Waals surface area contributed by atoms with Crippen LogP contribution in [0.25, 0.3) is 0 Å². The third-order valence-corrected chi connectivity index (χ3v) is 5.09. The fraction of sp³-hybridized carbons (Fsp3) is 0.105. The summed E-state index contributed by atoms with van der Waals surface area (Å²) in [6, 6.07) is 16.4. The standard InChI is InChI=1S/C19H14N2O2S2/c20-9-14-1-3-15(4-2-14)10-23-19(22)16-5-7-18(8-6-16)25-12-17-11-24-13-21-17/h1-8,11,13H,10,12H2. The van der Waals surface area contributed by atoms with Crippen LogP contribution in [0.1, 0.15) is 27.2 Å². The third kappa shape index (κ3) is 4.92. The van der Waals surface area contributed by atoms with Gasteiger partial charge in [-0.3, -0.25) is 0 Å². The molecule has 0 radical (unpaired) electrons. The van der Waals surface area contributed by atoms with Gasteiger partial charge in [-0.25, -0.2) is 9.78 Å². The quantitative estimate of drug-likeness (QED) is 0.469. The second kappa shape index (κ2) is 8.47. The van der Waals surface area contributed by atoms with Crippen molar-refractivity contribution in [2.24, 2.45) is 0 Å². The Morgan fingerprint density at radius 3 is 2.56 bits per heavy atom. The minimum absolute atomic E-state index is 0.185. The van der Waals surface area contributed by atoms with Gasteiger partial charge in [-0.2, -0.15) is 5.26 Å². The van der Waals surface area contributed by atoms with Crippen LogP contribution in [0.4, 0.5) is 0 Å². The zero-order valence-corrected chi connectivity index (χ0v) is 14.8. The molecule has 25 heavy (non-hydrogen) atoms. The maximum atomic E-state index is 12.1. The van der Waals surface area contributed by atoms with Crippen molar-refractivity contribution in [2.45, 2.75) is 17.3 Å². The summed E-state index contributed by atoms with van der Waals surface area (Å²) in [4.78, 5) is 17.4. The summed E-state index contributed by atoms with van der Waals surface area (Å²) in [6.07, 6.45) is 0. The molecule has 0 atom stereocenters. The Labute approximate surface area is 154 Å². The Bertz CT molecular complexity index is 867. The van der Waals surface area contributed by atoms with E-state index >= 15 is 0 Å². The van der Waals surface area contributed by atoms with Crippen LogP contribution >= 0.6 is 23.1 Å². The molecule has 0 amide bonds. The minimum Gasteiger partial charge on any atom is -0.457 e. The number of aromatic nitrogens is 1. The van der Waals surface area contributed by atoms with Crippen LogP contribution in [0.3, 0.4) is 0 Å². The van der Waals surface area contributed by atoms with Gasteiger partial charge in [0.15, 0.2) is 0 Å². The van der Waals surface area contributed by atoms with E-state index in [1.807, 2.05) is 23.0 Å². The first kappa shape index (κ1) is 17.2. The lowest BCUT2D eigenvalue weighted by molar-refractivity contribution is 0.0472. The SMILES string of the molecule is N#Cc1ccc(COC(=O)c2ccc(SCc3cscn3)cc2)cc1. The molecular weight excluding hydrogens is 352 g/mol. The first-order chi connectivity index (χ1) is 12.2. The number of carbonyl (C=O) groups excluding carboxylic acids is 1. The summed E-state index contributed by atoms with van der Waals surface area (Å²) in [5, 5.41) is 10.8. The van der Waals surface area contributed by atoms with Gasteiger partial charge in [-0.1, -0.05) is 12.1 Å². The van der Waals surface area contributed by atoms with E-state index in [2.05, 4.69) is 11.1 Å². The monoisotopic (exact) mass is 366 g/mol. The molecule has 2 aromatic carbocycles. The highest BCUT2D eigenvalue weighted by Crippen LogP contribution is 2.23. The van der Waals surface area contributed by atoms with E-state index < -0.39 is 0 Å². The molecule has 3 aromatic rings. The van der Waals surface area contributed by atoms with Crippen LogP contribution < -0.4 is 0 Å². The van der Waals surface area contributed by atoms with Crippen LogP contribution in [0.5, 0.6) is 0 Å². The number of thioether (sulfide) groups is 1. The highest BCUT2D eigenvalue weighted by Gasteiger charge is 2.08. The molecule has 3 rings (SSSR count). The minimum atomic E-state index is -0.361. The van der Waals surface area contributed by atoms with E-state index in [1.54, 1.807) is 59.5 Å². The van der Waals surface area contributed by atoms with Crippen LogP contribution in [-0.4, -0.2) is 11.0 Å². The fourth-order valence-electron chi connectivity index (χ4n) is 2.06. The van der Waals surface area contributed by atoms with Crippen molar-refractivity contribution < 1.29 is 9.53 Å². The van der Waals surface area contributed by atoms with Gasteiger partial charge >= 0.3 is 5.97 Å². The summed E-state index contributed by atoms with van der Waals surface area (Å²) in [6.45, 7) is 0.185.